The van der Waals surface area contributed by atoms with Crippen molar-refractivity contribution in [2.75, 3.05) is 19.6 Å². The lowest BCUT2D eigenvalue weighted by Gasteiger charge is -2.30. The molecular formula is C15H24N4O2. The van der Waals surface area contributed by atoms with Crippen LogP contribution in [0.5, 0.6) is 0 Å². The maximum atomic E-state index is 5.82. The first kappa shape index (κ1) is 15.7. The van der Waals surface area contributed by atoms with Crippen molar-refractivity contribution >= 4 is 0 Å². The number of furan rings is 1. The number of hydrogen-bond acceptors (Lipinski definition) is 6. The summed E-state index contributed by atoms with van der Waals surface area (Å²) in [4.78, 5) is 2.30. The van der Waals surface area contributed by atoms with Crippen LogP contribution in [0.2, 0.25) is 0 Å². The first-order valence-corrected chi connectivity index (χ1v) is 7.33. The van der Waals surface area contributed by atoms with Crippen LogP contribution in [0.1, 0.15) is 33.1 Å². The summed E-state index contributed by atoms with van der Waals surface area (Å²) in [7, 11) is 0. The summed E-state index contributed by atoms with van der Waals surface area (Å²) >= 11 is 0. The van der Waals surface area contributed by atoms with Gasteiger partial charge in [0.1, 0.15) is 0 Å². The van der Waals surface area contributed by atoms with Crippen molar-refractivity contribution in [2.45, 2.75) is 33.7 Å². The lowest BCUT2D eigenvalue weighted by molar-refractivity contribution is 0.163. The van der Waals surface area contributed by atoms with Gasteiger partial charge in [-0.3, -0.25) is 4.90 Å². The molecule has 6 nitrogen and oxygen atoms in total. The Morgan fingerprint density at radius 2 is 2.14 bits per heavy atom. The average molecular weight is 292 g/mol. The zero-order chi connectivity index (χ0) is 15.3. The predicted molar refractivity (Wildman–Crippen MR) is 80.4 cm³/mol. The quantitative estimate of drug-likeness (QED) is 0.805. The van der Waals surface area contributed by atoms with Gasteiger partial charge in [0.2, 0.25) is 5.89 Å². The van der Waals surface area contributed by atoms with Crippen LogP contribution in [0.15, 0.2) is 27.2 Å². The predicted octanol–water partition coefficient (Wildman–Crippen LogP) is 2.53. The average Bonchev–Trinajstić information content (AvgIpc) is 3.08. The van der Waals surface area contributed by atoms with Crippen molar-refractivity contribution in [2.24, 2.45) is 11.1 Å². The minimum absolute atomic E-state index is 0.0685. The second-order valence-corrected chi connectivity index (χ2v) is 6.06. The van der Waals surface area contributed by atoms with Gasteiger partial charge < -0.3 is 14.6 Å². The Labute approximate surface area is 125 Å². The maximum Gasteiger partial charge on any atom is 0.283 e. The molecule has 0 aliphatic rings. The highest BCUT2D eigenvalue weighted by Crippen LogP contribution is 2.20. The Morgan fingerprint density at radius 1 is 1.33 bits per heavy atom. The number of nitrogens with zero attached hydrogens (tertiary/aromatic N) is 3. The van der Waals surface area contributed by atoms with Gasteiger partial charge in [-0.2, -0.15) is 0 Å². The Balaban J connectivity index is 2.03. The molecule has 0 aliphatic heterocycles. The zero-order valence-electron chi connectivity index (χ0n) is 13.0. The van der Waals surface area contributed by atoms with Crippen LogP contribution >= 0.6 is 0 Å². The van der Waals surface area contributed by atoms with Gasteiger partial charge in [0.25, 0.3) is 5.89 Å². The lowest BCUT2D eigenvalue weighted by Crippen LogP contribution is -2.38. The minimum Gasteiger partial charge on any atom is -0.459 e. The van der Waals surface area contributed by atoms with Crippen LogP contribution in [0.3, 0.4) is 0 Å². The fourth-order valence-corrected chi connectivity index (χ4v) is 2.21. The van der Waals surface area contributed by atoms with E-state index in [1.165, 1.54) is 0 Å². The standard InChI is InChI=1S/C15H24N4O2/c1-4-7-19(11-15(2,3)10-16)9-13-17-18-14(21-13)12-6-5-8-20-12/h5-6,8H,4,7,9-11,16H2,1-3H3. The molecule has 2 aromatic rings. The highest BCUT2D eigenvalue weighted by molar-refractivity contribution is 5.42. The molecule has 0 amide bonds. The third kappa shape index (κ3) is 4.41. The third-order valence-electron chi connectivity index (χ3n) is 3.30. The van der Waals surface area contributed by atoms with Gasteiger partial charge in [-0.15, -0.1) is 10.2 Å². The fourth-order valence-electron chi connectivity index (χ4n) is 2.21. The fraction of sp³-hybridized carbons (Fsp3) is 0.600. The van der Waals surface area contributed by atoms with E-state index in [1.54, 1.807) is 18.4 Å². The largest absolute Gasteiger partial charge is 0.459 e. The van der Waals surface area contributed by atoms with Gasteiger partial charge in [-0.05, 0) is 37.1 Å². The second kappa shape index (κ2) is 6.87. The third-order valence-corrected chi connectivity index (χ3v) is 3.30. The van der Waals surface area contributed by atoms with E-state index >= 15 is 0 Å². The molecule has 0 aromatic carbocycles. The molecule has 0 spiro atoms. The smallest absolute Gasteiger partial charge is 0.283 e. The minimum atomic E-state index is 0.0685. The summed E-state index contributed by atoms with van der Waals surface area (Å²) in [6.45, 7) is 9.64. The Kier molecular flexibility index (Phi) is 5.14. The van der Waals surface area contributed by atoms with Crippen molar-refractivity contribution in [3.8, 4) is 11.7 Å². The lowest BCUT2D eigenvalue weighted by atomic mass is 9.93. The molecule has 0 radical (unpaired) electrons. The molecule has 0 atom stereocenters. The van der Waals surface area contributed by atoms with Crippen LogP contribution in [0.25, 0.3) is 11.7 Å². The molecule has 0 saturated carbocycles. The van der Waals surface area contributed by atoms with Crippen LogP contribution in [0.4, 0.5) is 0 Å². The van der Waals surface area contributed by atoms with Crippen LogP contribution in [-0.4, -0.2) is 34.7 Å². The van der Waals surface area contributed by atoms with Crippen molar-refractivity contribution in [3.63, 3.8) is 0 Å². The SMILES string of the molecule is CCCN(Cc1nnc(-c2ccco2)o1)CC(C)(C)CN. The van der Waals surface area contributed by atoms with Crippen molar-refractivity contribution in [3.05, 3.63) is 24.3 Å². The summed E-state index contributed by atoms with van der Waals surface area (Å²) in [5, 5.41) is 8.13. The van der Waals surface area contributed by atoms with Crippen LogP contribution in [0, 0.1) is 5.41 Å². The maximum absolute atomic E-state index is 5.82. The number of nitrogens with two attached hydrogens (primary N) is 1. The summed E-state index contributed by atoms with van der Waals surface area (Å²) < 4.78 is 10.9. The number of rotatable bonds is 8. The van der Waals surface area contributed by atoms with Gasteiger partial charge >= 0.3 is 0 Å². The second-order valence-electron chi connectivity index (χ2n) is 6.06. The summed E-state index contributed by atoms with van der Waals surface area (Å²) in [6.07, 6.45) is 2.66. The molecule has 0 aliphatic carbocycles. The van der Waals surface area contributed by atoms with E-state index in [0.29, 0.717) is 30.6 Å². The van der Waals surface area contributed by atoms with Crippen molar-refractivity contribution < 1.29 is 8.83 Å². The zero-order valence-corrected chi connectivity index (χ0v) is 13.0. The van der Waals surface area contributed by atoms with Crippen molar-refractivity contribution in [1.29, 1.82) is 0 Å². The molecule has 2 heterocycles. The highest BCUT2D eigenvalue weighted by atomic mass is 16.4. The van der Waals surface area contributed by atoms with E-state index in [1.807, 2.05) is 0 Å². The van der Waals surface area contributed by atoms with E-state index < -0.39 is 0 Å². The van der Waals surface area contributed by atoms with Crippen molar-refractivity contribution in [1.82, 2.24) is 15.1 Å². The molecule has 0 fully saturated rings. The van der Waals surface area contributed by atoms with Gasteiger partial charge in [0.15, 0.2) is 5.76 Å². The molecular weight excluding hydrogens is 268 g/mol. The molecule has 2 rings (SSSR count). The molecule has 2 N–H and O–H groups in total. The highest BCUT2D eigenvalue weighted by Gasteiger charge is 2.21. The van der Waals surface area contributed by atoms with Crippen LogP contribution in [-0.2, 0) is 6.54 Å². The number of aromatic nitrogens is 2. The summed E-state index contributed by atoms with van der Waals surface area (Å²) in [6, 6.07) is 3.60. The molecule has 0 saturated heterocycles. The van der Waals surface area contributed by atoms with E-state index in [4.69, 9.17) is 14.6 Å². The molecule has 0 unspecified atom stereocenters. The Hall–Kier alpha value is -1.66. The van der Waals surface area contributed by atoms with E-state index in [-0.39, 0.29) is 5.41 Å². The topological polar surface area (TPSA) is 81.3 Å². The first-order valence-electron chi connectivity index (χ1n) is 7.33. The van der Waals surface area contributed by atoms with E-state index in [2.05, 4.69) is 35.9 Å². The summed E-state index contributed by atoms with van der Waals surface area (Å²) in [5.74, 6) is 1.62. The van der Waals surface area contributed by atoms with E-state index in [9.17, 15) is 0 Å². The normalized spacial score (nSPS) is 12.2. The van der Waals surface area contributed by atoms with Crippen LogP contribution < -0.4 is 5.73 Å². The Morgan fingerprint density at radius 3 is 2.76 bits per heavy atom. The molecule has 21 heavy (non-hydrogen) atoms. The monoisotopic (exact) mass is 292 g/mol. The molecule has 6 heteroatoms. The van der Waals surface area contributed by atoms with Gasteiger partial charge in [0.05, 0.1) is 12.8 Å². The summed E-state index contributed by atoms with van der Waals surface area (Å²) in [5.41, 5.74) is 5.89. The molecule has 116 valence electrons. The molecule has 0 bridgehead atoms. The van der Waals surface area contributed by atoms with Gasteiger partial charge in [-0.25, -0.2) is 0 Å². The molecule has 2 aromatic heterocycles. The van der Waals surface area contributed by atoms with Gasteiger partial charge in [0, 0.05) is 6.54 Å². The number of hydrogen-bond donors (Lipinski definition) is 1. The van der Waals surface area contributed by atoms with E-state index in [0.717, 1.165) is 19.5 Å². The Bertz CT molecular complexity index is 534. The first-order chi connectivity index (χ1) is 10.0. The van der Waals surface area contributed by atoms with Gasteiger partial charge in [-0.1, -0.05) is 20.8 Å².